The highest BCUT2D eigenvalue weighted by Gasteiger charge is 2.33. The summed E-state index contributed by atoms with van der Waals surface area (Å²) >= 11 is 0. The first-order valence-corrected chi connectivity index (χ1v) is 10.3. The maximum absolute atomic E-state index is 12.8. The summed E-state index contributed by atoms with van der Waals surface area (Å²) in [6, 6.07) is 8.08. The van der Waals surface area contributed by atoms with E-state index in [9.17, 15) is 14.4 Å². The molecule has 2 fully saturated rings. The zero-order chi connectivity index (χ0) is 20.1. The van der Waals surface area contributed by atoms with Crippen LogP contribution in [0.1, 0.15) is 43.7 Å². The van der Waals surface area contributed by atoms with E-state index in [-0.39, 0.29) is 29.6 Å². The van der Waals surface area contributed by atoms with Crippen LogP contribution < -0.4 is 5.32 Å². The molecule has 28 heavy (non-hydrogen) atoms. The van der Waals surface area contributed by atoms with Crippen LogP contribution in [0.25, 0.3) is 0 Å². The summed E-state index contributed by atoms with van der Waals surface area (Å²) in [4.78, 5) is 40.4. The summed E-state index contributed by atoms with van der Waals surface area (Å²) in [7, 11) is 0. The Balaban J connectivity index is 1.42. The number of piperazine rings is 1. The summed E-state index contributed by atoms with van der Waals surface area (Å²) in [5, 5.41) is 3.06. The Hall–Kier alpha value is -2.37. The molecule has 6 nitrogen and oxygen atoms in total. The monoisotopic (exact) mass is 385 g/mol. The smallest absolute Gasteiger partial charge is 0.225 e. The molecule has 6 heteroatoms. The molecule has 1 heterocycles. The van der Waals surface area contributed by atoms with E-state index in [0.29, 0.717) is 32.7 Å². The lowest BCUT2D eigenvalue weighted by molar-refractivity contribution is -0.143. The molecular formula is C22H31N3O3. The van der Waals surface area contributed by atoms with E-state index < -0.39 is 0 Å². The summed E-state index contributed by atoms with van der Waals surface area (Å²) < 4.78 is 0. The molecule has 1 saturated carbocycles. The Morgan fingerprint density at radius 3 is 2.11 bits per heavy atom. The van der Waals surface area contributed by atoms with Gasteiger partial charge in [0.2, 0.25) is 17.7 Å². The topological polar surface area (TPSA) is 69.7 Å². The molecule has 3 rings (SSSR count). The van der Waals surface area contributed by atoms with Gasteiger partial charge in [0.25, 0.3) is 0 Å². The third-order valence-electron chi connectivity index (χ3n) is 6.20. The maximum Gasteiger partial charge on any atom is 0.225 e. The van der Waals surface area contributed by atoms with Crippen molar-refractivity contribution in [1.82, 2.24) is 15.1 Å². The molecule has 0 aromatic heterocycles. The number of hydrogen-bond acceptors (Lipinski definition) is 3. The highest BCUT2D eigenvalue weighted by atomic mass is 16.2. The van der Waals surface area contributed by atoms with Gasteiger partial charge in [0.15, 0.2) is 0 Å². The number of nitrogens with one attached hydrogen (secondary N) is 1. The van der Waals surface area contributed by atoms with Gasteiger partial charge < -0.3 is 15.1 Å². The first kappa shape index (κ1) is 20.4. The summed E-state index contributed by atoms with van der Waals surface area (Å²) in [5.74, 6) is 0.391. The van der Waals surface area contributed by atoms with Crippen LogP contribution in [0, 0.1) is 18.8 Å². The van der Waals surface area contributed by atoms with E-state index in [0.717, 1.165) is 31.2 Å². The van der Waals surface area contributed by atoms with Crippen molar-refractivity contribution in [2.75, 3.05) is 26.2 Å². The SMILES string of the molecule is CC(=O)N1CCN(C(=O)C2CCC(C(=O)NCc3ccccc3C)CC2)CC1. The van der Waals surface area contributed by atoms with E-state index in [1.807, 2.05) is 23.1 Å². The number of amides is 3. The van der Waals surface area contributed by atoms with Crippen molar-refractivity contribution < 1.29 is 14.4 Å². The van der Waals surface area contributed by atoms with Gasteiger partial charge in [0, 0.05) is 51.5 Å². The van der Waals surface area contributed by atoms with E-state index in [1.165, 1.54) is 5.56 Å². The lowest BCUT2D eigenvalue weighted by Gasteiger charge is -2.37. The molecule has 2 aliphatic rings. The van der Waals surface area contributed by atoms with E-state index in [2.05, 4.69) is 18.3 Å². The highest BCUT2D eigenvalue weighted by Crippen LogP contribution is 2.30. The zero-order valence-corrected chi connectivity index (χ0v) is 16.9. The quantitative estimate of drug-likeness (QED) is 0.863. The minimum Gasteiger partial charge on any atom is -0.352 e. The number of carbonyl (C=O) groups excluding carboxylic acids is 3. The zero-order valence-electron chi connectivity index (χ0n) is 16.9. The van der Waals surface area contributed by atoms with Crippen LogP contribution in [0.15, 0.2) is 24.3 Å². The lowest BCUT2D eigenvalue weighted by Crippen LogP contribution is -2.51. The Labute approximate surface area is 167 Å². The van der Waals surface area contributed by atoms with Crippen LogP contribution in [0.5, 0.6) is 0 Å². The van der Waals surface area contributed by atoms with Gasteiger partial charge >= 0.3 is 0 Å². The average Bonchev–Trinajstić information content (AvgIpc) is 2.72. The number of nitrogens with zero attached hydrogens (tertiary/aromatic N) is 2. The van der Waals surface area contributed by atoms with Crippen molar-refractivity contribution in [3.05, 3.63) is 35.4 Å². The fourth-order valence-electron chi connectivity index (χ4n) is 4.24. The minimum absolute atomic E-state index is 0.00243. The molecule has 0 spiro atoms. The number of carbonyl (C=O) groups is 3. The van der Waals surface area contributed by atoms with Crippen molar-refractivity contribution >= 4 is 17.7 Å². The molecule has 0 bridgehead atoms. The molecule has 152 valence electrons. The average molecular weight is 386 g/mol. The van der Waals surface area contributed by atoms with Crippen LogP contribution >= 0.6 is 0 Å². The van der Waals surface area contributed by atoms with Crippen molar-refractivity contribution in [2.24, 2.45) is 11.8 Å². The highest BCUT2D eigenvalue weighted by molar-refractivity contribution is 5.81. The fourth-order valence-corrected chi connectivity index (χ4v) is 4.24. The van der Waals surface area contributed by atoms with Gasteiger partial charge in [0.1, 0.15) is 0 Å². The second-order valence-corrected chi connectivity index (χ2v) is 8.02. The number of benzene rings is 1. The third-order valence-corrected chi connectivity index (χ3v) is 6.20. The second-order valence-electron chi connectivity index (χ2n) is 8.02. The van der Waals surface area contributed by atoms with Crippen molar-refractivity contribution in [3.63, 3.8) is 0 Å². The Morgan fingerprint density at radius 2 is 1.50 bits per heavy atom. The maximum atomic E-state index is 12.8. The molecule has 0 radical (unpaired) electrons. The third kappa shape index (κ3) is 4.91. The molecule has 3 amide bonds. The molecule has 1 aromatic carbocycles. The van der Waals surface area contributed by atoms with E-state index in [4.69, 9.17) is 0 Å². The fraction of sp³-hybridized carbons (Fsp3) is 0.591. The first-order valence-electron chi connectivity index (χ1n) is 10.3. The van der Waals surface area contributed by atoms with Crippen LogP contribution in [0.3, 0.4) is 0 Å². The predicted molar refractivity (Wildman–Crippen MR) is 107 cm³/mol. The largest absolute Gasteiger partial charge is 0.352 e. The molecular weight excluding hydrogens is 354 g/mol. The van der Waals surface area contributed by atoms with Gasteiger partial charge in [-0.05, 0) is 43.7 Å². The van der Waals surface area contributed by atoms with Gasteiger partial charge in [0.05, 0.1) is 0 Å². The van der Waals surface area contributed by atoms with E-state index >= 15 is 0 Å². The number of rotatable bonds is 4. The van der Waals surface area contributed by atoms with Crippen LogP contribution in [0.4, 0.5) is 0 Å². The van der Waals surface area contributed by atoms with E-state index in [1.54, 1.807) is 11.8 Å². The molecule has 1 saturated heterocycles. The Kier molecular flexibility index (Phi) is 6.70. The van der Waals surface area contributed by atoms with Crippen molar-refractivity contribution in [1.29, 1.82) is 0 Å². The van der Waals surface area contributed by atoms with Crippen LogP contribution in [0.2, 0.25) is 0 Å². The second kappa shape index (κ2) is 9.22. The van der Waals surface area contributed by atoms with Gasteiger partial charge in [-0.1, -0.05) is 24.3 Å². The van der Waals surface area contributed by atoms with Gasteiger partial charge in [-0.2, -0.15) is 0 Å². The lowest BCUT2D eigenvalue weighted by atomic mass is 9.80. The summed E-state index contributed by atoms with van der Waals surface area (Å²) in [5.41, 5.74) is 2.33. The van der Waals surface area contributed by atoms with Crippen molar-refractivity contribution in [2.45, 2.75) is 46.1 Å². The van der Waals surface area contributed by atoms with Gasteiger partial charge in [-0.3, -0.25) is 14.4 Å². The molecule has 0 atom stereocenters. The first-order chi connectivity index (χ1) is 13.5. The molecule has 1 aliphatic carbocycles. The molecule has 1 N–H and O–H groups in total. The van der Waals surface area contributed by atoms with Crippen LogP contribution in [-0.4, -0.2) is 53.7 Å². The minimum atomic E-state index is 0.00243. The number of aryl methyl sites for hydroxylation is 1. The van der Waals surface area contributed by atoms with Gasteiger partial charge in [-0.15, -0.1) is 0 Å². The van der Waals surface area contributed by atoms with Crippen LogP contribution in [-0.2, 0) is 20.9 Å². The Morgan fingerprint density at radius 1 is 0.929 bits per heavy atom. The summed E-state index contributed by atoms with van der Waals surface area (Å²) in [6.45, 7) is 6.67. The van der Waals surface area contributed by atoms with Crippen molar-refractivity contribution in [3.8, 4) is 0 Å². The normalized spacial score (nSPS) is 22.6. The van der Waals surface area contributed by atoms with Gasteiger partial charge in [-0.25, -0.2) is 0 Å². The number of hydrogen-bond donors (Lipinski definition) is 1. The predicted octanol–water partition coefficient (Wildman–Crippen LogP) is 2.11. The standard InChI is InChI=1S/C22H31N3O3/c1-16-5-3-4-6-20(16)15-23-21(27)18-7-9-19(10-8-18)22(28)25-13-11-24(12-14-25)17(2)26/h3-6,18-19H,7-15H2,1-2H3,(H,23,27). The molecule has 1 aromatic rings. The molecule has 0 unspecified atom stereocenters. The Bertz CT molecular complexity index is 717. The summed E-state index contributed by atoms with van der Waals surface area (Å²) in [6.07, 6.45) is 3.08. The molecule has 1 aliphatic heterocycles.